The van der Waals surface area contributed by atoms with Gasteiger partial charge in [0.25, 0.3) is 6.71 Å². The van der Waals surface area contributed by atoms with Crippen LogP contribution in [0.4, 0.5) is 4.39 Å². The third-order valence-corrected chi connectivity index (χ3v) is 5.46. The molecule has 1 fully saturated rings. The fraction of sp³-hybridized carbons (Fsp3) is 0.550. The molecule has 0 spiro atoms. The van der Waals surface area contributed by atoms with Crippen LogP contribution in [0.15, 0.2) is 23.8 Å². The predicted octanol–water partition coefficient (Wildman–Crippen LogP) is 5.64. The van der Waals surface area contributed by atoms with Crippen molar-refractivity contribution in [1.82, 2.24) is 0 Å². The lowest BCUT2D eigenvalue weighted by molar-refractivity contribution is 0.419. The lowest BCUT2D eigenvalue weighted by Crippen LogP contribution is -2.37. The number of rotatable bonds is 4. The highest BCUT2D eigenvalue weighted by Crippen LogP contribution is 2.48. The van der Waals surface area contributed by atoms with Crippen LogP contribution < -0.4 is 0 Å². The van der Waals surface area contributed by atoms with Crippen LogP contribution in [0, 0.1) is 24.0 Å². The van der Waals surface area contributed by atoms with Crippen LogP contribution in [0.3, 0.4) is 0 Å². The molecule has 0 N–H and O–H groups in total. The number of nitriles is 1. The molecular formula is C20H27BFN. The summed E-state index contributed by atoms with van der Waals surface area (Å²) in [5.41, 5.74) is 4.05. The maximum atomic E-state index is 15.0. The van der Waals surface area contributed by atoms with E-state index in [1.54, 1.807) is 6.07 Å². The van der Waals surface area contributed by atoms with Crippen LogP contribution in [0.25, 0.3) is 0 Å². The largest absolute Gasteiger partial charge is 0.267 e. The fourth-order valence-corrected chi connectivity index (χ4v) is 4.21. The summed E-state index contributed by atoms with van der Waals surface area (Å²) in [5.74, 6) is 2.33. The summed E-state index contributed by atoms with van der Waals surface area (Å²) >= 11 is 0. The van der Waals surface area contributed by atoms with Crippen molar-refractivity contribution in [3.05, 3.63) is 46.3 Å². The third-order valence-electron chi connectivity index (χ3n) is 5.46. The van der Waals surface area contributed by atoms with Crippen LogP contribution in [0.1, 0.15) is 56.7 Å². The highest BCUT2D eigenvalue weighted by molar-refractivity contribution is 6.67. The molecule has 1 aliphatic rings. The molecular weight excluding hydrogens is 284 g/mol. The monoisotopic (exact) mass is 311 g/mol. The summed E-state index contributed by atoms with van der Waals surface area (Å²) in [6, 6.07) is 3.81. The zero-order chi connectivity index (χ0) is 17.0. The minimum atomic E-state index is -0.230. The van der Waals surface area contributed by atoms with Crippen molar-refractivity contribution in [2.24, 2.45) is 0 Å². The van der Waals surface area contributed by atoms with Crippen molar-refractivity contribution >= 4 is 6.71 Å². The van der Waals surface area contributed by atoms with E-state index in [0.717, 1.165) is 55.0 Å². The molecule has 0 aromatic heterocycles. The Bertz CT molecular complexity index is 634. The quantitative estimate of drug-likeness (QED) is 0.521. The molecule has 0 unspecified atom stereocenters. The first-order chi connectivity index (χ1) is 11.0. The Morgan fingerprint density at radius 1 is 1.35 bits per heavy atom. The van der Waals surface area contributed by atoms with E-state index in [2.05, 4.69) is 38.9 Å². The van der Waals surface area contributed by atoms with Crippen molar-refractivity contribution in [2.45, 2.75) is 71.4 Å². The highest BCUT2D eigenvalue weighted by Gasteiger charge is 2.42. The molecule has 1 aromatic carbocycles. The fourth-order valence-electron chi connectivity index (χ4n) is 4.21. The first-order valence-electron chi connectivity index (χ1n) is 8.84. The Balaban J connectivity index is 2.61. The number of nitrogens with zero attached hydrogens (tertiary/aromatic N) is 1. The second-order valence-electron chi connectivity index (χ2n) is 6.92. The highest BCUT2D eigenvalue weighted by atomic mass is 19.1. The Morgan fingerprint density at radius 2 is 2.00 bits per heavy atom. The molecule has 1 aromatic rings. The third kappa shape index (κ3) is 3.37. The number of aryl methyl sites for hydroxylation is 2. The first kappa shape index (κ1) is 17.8. The molecule has 0 aliphatic carbocycles. The predicted molar refractivity (Wildman–Crippen MR) is 96.5 cm³/mol. The van der Waals surface area contributed by atoms with Crippen molar-refractivity contribution in [3.8, 4) is 5.97 Å². The zero-order valence-electron chi connectivity index (χ0n) is 14.9. The average molecular weight is 311 g/mol. The number of allylic oxidation sites excluding steroid dienone is 2. The van der Waals surface area contributed by atoms with E-state index >= 15 is 4.39 Å². The molecule has 0 saturated carbocycles. The number of halogens is 1. The number of benzene rings is 1. The maximum absolute atomic E-state index is 15.0. The van der Waals surface area contributed by atoms with Crippen molar-refractivity contribution in [2.75, 3.05) is 0 Å². The second-order valence-corrected chi connectivity index (χ2v) is 6.92. The summed E-state index contributed by atoms with van der Waals surface area (Å²) in [7, 11) is 0. The molecule has 0 atom stereocenters. The lowest BCUT2D eigenvalue weighted by atomic mass is 9.38. The maximum Gasteiger partial charge on any atom is 0.267 e. The summed E-state index contributed by atoms with van der Waals surface area (Å²) in [4.78, 5) is 0. The Morgan fingerprint density at radius 3 is 2.52 bits per heavy atom. The number of hydrogen-bond donors (Lipinski definition) is 0. The molecule has 2 rings (SSSR count). The van der Waals surface area contributed by atoms with Gasteiger partial charge in [0.15, 0.2) is 0 Å². The Labute approximate surface area is 140 Å². The smallest absolute Gasteiger partial charge is 0.213 e. The minimum absolute atomic E-state index is 0.0684. The summed E-state index contributed by atoms with van der Waals surface area (Å²) in [6.07, 6.45) is 7.53. The van der Waals surface area contributed by atoms with E-state index in [9.17, 15) is 5.26 Å². The molecule has 0 bridgehead atoms. The molecule has 0 radical (unpaired) electrons. The summed E-state index contributed by atoms with van der Waals surface area (Å²) < 4.78 is 15.0. The van der Waals surface area contributed by atoms with Gasteiger partial charge >= 0.3 is 0 Å². The Kier molecular flexibility index (Phi) is 5.68. The van der Waals surface area contributed by atoms with Gasteiger partial charge in [-0.15, -0.1) is 0 Å². The average Bonchev–Trinajstić information content (AvgIpc) is 2.54. The van der Waals surface area contributed by atoms with Crippen LogP contribution in [0.2, 0.25) is 12.6 Å². The van der Waals surface area contributed by atoms with Crippen LogP contribution in [-0.4, -0.2) is 6.71 Å². The van der Waals surface area contributed by atoms with Crippen LogP contribution in [-0.2, 0) is 11.8 Å². The van der Waals surface area contributed by atoms with E-state index in [1.165, 1.54) is 5.57 Å². The van der Waals surface area contributed by atoms with Crippen LogP contribution >= 0.6 is 0 Å². The molecule has 3 heteroatoms. The molecule has 0 amide bonds. The minimum Gasteiger partial charge on any atom is -0.213 e. The van der Waals surface area contributed by atoms with Crippen molar-refractivity contribution in [3.63, 3.8) is 0 Å². The van der Waals surface area contributed by atoms with Gasteiger partial charge in [0.1, 0.15) is 5.82 Å². The van der Waals surface area contributed by atoms with Crippen molar-refractivity contribution in [1.29, 1.82) is 5.26 Å². The van der Waals surface area contributed by atoms with E-state index < -0.39 is 0 Å². The SMILES string of the molecule is CC/C=C(/C)C1(c2c(F)cc(C)cc2CC)CCB(C#N)CC1. The molecule has 1 nitrogen and oxygen atoms in total. The van der Waals surface area contributed by atoms with Gasteiger partial charge in [0.2, 0.25) is 0 Å². The zero-order valence-corrected chi connectivity index (χ0v) is 14.9. The van der Waals surface area contributed by atoms with Gasteiger partial charge in [-0.05, 0) is 56.7 Å². The van der Waals surface area contributed by atoms with Gasteiger partial charge < -0.3 is 0 Å². The second kappa shape index (κ2) is 7.34. The van der Waals surface area contributed by atoms with E-state index in [1.807, 2.05) is 6.92 Å². The summed E-state index contributed by atoms with van der Waals surface area (Å²) in [5, 5.41) is 9.23. The summed E-state index contributed by atoms with van der Waals surface area (Å²) in [6.45, 7) is 8.46. The van der Waals surface area contributed by atoms with E-state index in [4.69, 9.17) is 0 Å². The standard InChI is InChI=1S/C20H27BFN/c1-5-7-16(4)20(8-10-21(14-23)11-9-20)19-17(6-2)12-15(3)13-18(19)22/h7,12-13H,5-6,8-11H2,1-4H3/b16-7-. The topological polar surface area (TPSA) is 23.8 Å². The van der Waals surface area contributed by atoms with Crippen LogP contribution in [0.5, 0.6) is 0 Å². The van der Waals surface area contributed by atoms with E-state index in [0.29, 0.717) is 0 Å². The molecule has 1 saturated heterocycles. The van der Waals surface area contributed by atoms with Gasteiger partial charge in [-0.3, -0.25) is 0 Å². The van der Waals surface area contributed by atoms with E-state index in [-0.39, 0.29) is 17.9 Å². The van der Waals surface area contributed by atoms with Gasteiger partial charge in [0.05, 0.1) is 0 Å². The molecule has 122 valence electrons. The van der Waals surface area contributed by atoms with Gasteiger partial charge in [-0.2, -0.15) is 0 Å². The van der Waals surface area contributed by atoms with Gasteiger partial charge in [0, 0.05) is 16.9 Å². The normalized spacial score (nSPS) is 17.9. The van der Waals surface area contributed by atoms with Gasteiger partial charge in [-0.1, -0.05) is 44.2 Å². The Hall–Kier alpha value is -1.56. The first-order valence-corrected chi connectivity index (χ1v) is 8.84. The number of hydrogen-bond acceptors (Lipinski definition) is 1. The van der Waals surface area contributed by atoms with Gasteiger partial charge in [-0.25, -0.2) is 9.65 Å². The lowest BCUT2D eigenvalue weighted by Gasteiger charge is -2.41. The van der Waals surface area contributed by atoms with Crippen molar-refractivity contribution < 1.29 is 4.39 Å². The molecule has 1 aliphatic heterocycles. The molecule has 23 heavy (non-hydrogen) atoms. The molecule has 1 heterocycles.